The van der Waals surface area contributed by atoms with Crippen molar-refractivity contribution in [2.45, 2.75) is 45.1 Å². The number of hydrogen-bond acceptors (Lipinski definition) is 3. The van der Waals surface area contributed by atoms with Crippen LogP contribution in [0.2, 0.25) is 0 Å². The SMILES string of the molecule is CC1CC(C#N)(C(=O)NCCC2CCCO2)C1. The first-order valence-electron chi connectivity index (χ1n) is 6.47. The van der Waals surface area contributed by atoms with Crippen LogP contribution in [0.4, 0.5) is 0 Å². The molecule has 2 aliphatic rings. The van der Waals surface area contributed by atoms with Crippen molar-refractivity contribution in [1.82, 2.24) is 5.32 Å². The molecule has 1 N–H and O–H groups in total. The van der Waals surface area contributed by atoms with Crippen LogP contribution in [-0.2, 0) is 9.53 Å². The topological polar surface area (TPSA) is 62.1 Å². The maximum absolute atomic E-state index is 11.9. The summed E-state index contributed by atoms with van der Waals surface area (Å²) in [7, 11) is 0. The second-order valence-electron chi connectivity index (χ2n) is 5.39. The summed E-state index contributed by atoms with van der Waals surface area (Å²) in [5.41, 5.74) is -0.740. The highest BCUT2D eigenvalue weighted by Crippen LogP contribution is 2.44. The zero-order chi connectivity index (χ0) is 12.3. The molecule has 0 radical (unpaired) electrons. The number of ether oxygens (including phenoxy) is 1. The summed E-state index contributed by atoms with van der Waals surface area (Å²) in [6.45, 7) is 3.55. The van der Waals surface area contributed by atoms with E-state index in [0.717, 1.165) is 25.9 Å². The minimum Gasteiger partial charge on any atom is -0.378 e. The van der Waals surface area contributed by atoms with Crippen molar-refractivity contribution in [1.29, 1.82) is 5.26 Å². The van der Waals surface area contributed by atoms with E-state index in [0.29, 0.717) is 31.4 Å². The second kappa shape index (κ2) is 5.05. The van der Waals surface area contributed by atoms with Crippen molar-refractivity contribution < 1.29 is 9.53 Å². The van der Waals surface area contributed by atoms with Gasteiger partial charge in [-0.1, -0.05) is 6.92 Å². The molecule has 1 unspecified atom stereocenters. The van der Waals surface area contributed by atoms with Gasteiger partial charge in [0.25, 0.3) is 0 Å². The summed E-state index contributed by atoms with van der Waals surface area (Å²) < 4.78 is 5.49. The van der Waals surface area contributed by atoms with Gasteiger partial charge >= 0.3 is 0 Å². The molecule has 1 atom stereocenters. The summed E-state index contributed by atoms with van der Waals surface area (Å²) in [6.07, 6.45) is 4.79. The van der Waals surface area contributed by atoms with Gasteiger partial charge in [0.1, 0.15) is 5.41 Å². The Hall–Kier alpha value is -1.08. The molecule has 1 saturated heterocycles. The van der Waals surface area contributed by atoms with E-state index in [1.807, 2.05) is 0 Å². The Bertz CT molecular complexity index is 323. The van der Waals surface area contributed by atoms with E-state index < -0.39 is 5.41 Å². The Morgan fingerprint density at radius 1 is 1.59 bits per heavy atom. The largest absolute Gasteiger partial charge is 0.378 e. The lowest BCUT2D eigenvalue weighted by Crippen LogP contribution is -2.48. The molecular formula is C13H20N2O2. The fourth-order valence-corrected chi connectivity index (χ4v) is 2.85. The number of nitrogens with one attached hydrogen (secondary N) is 1. The molecule has 1 aliphatic heterocycles. The van der Waals surface area contributed by atoms with Gasteiger partial charge in [-0.15, -0.1) is 0 Å². The monoisotopic (exact) mass is 236 g/mol. The number of carbonyl (C=O) groups is 1. The molecule has 1 amide bonds. The summed E-state index contributed by atoms with van der Waals surface area (Å²) in [4.78, 5) is 11.9. The van der Waals surface area contributed by atoms with Crippen LogP contribution in [0.5, 0.6) is 0 Å². The second-order valence-corrected chi connectivity index (χ2v) is 5.39. The Kier molecular flexibility index (Phi) is 3.68. The maximum atomic E-state index is 11.9. The summed E-state index contributed by atoms with van der Waals surface area (Å²) in [5.74, 6) is 0.412. The normalized spacial score (nSPS) is 36.0. The van der Waals surface area contributed by atoms with Crippen molar-refractivity contribution in [2.24, 2.45) is 11.3 Å². The highest BCUT2D eigenvalue weighted by molar-refractivity contribution is 5.86. The zero-order valence-corrected chi connectivity index (χ0v) is 10.4. The minimum absolute atomic E-state index is 0.0869. The number of rotatable bonds is 4. The predicted molar refractivity (Wildman–Crippen MR) is 63.0 cm³/mol. The third-order valence-corrected chi connectivity index (χ3v) is 3.82. The van der Waals surface area contributed by atoms with Crippen LogP contribution in [0.1, 0.15) is 39.0 Å². The number of nitriles is 1. The van der Waals surface area contributed by atoms with E-state index in [1.54, 1.807) is 0 Å². The van der Waals surface area contributed by atoms with Crippen LogP contribution in [0.15, 0.2) is 0 Å². The van der Waals surface area contributed by atoms with Crippen molar-refractivity contribution in [3.63, 3.8) is 0 Å². The average Bonchev–Trinajstić information content (AvgIpc) is 2.77. The lowest BCUT2D eigenvalue weighted by molar-refractivity contribution is -0.134. The molecule has 0 bridgehead atoms. The lowest BCUT2D eigenvalue weighted by Gasteiger charge is -2.39. The highest BCUT2D eigenvalue weighted by Gasteiger charge is 2.48. The van der Waals surface area contributed by atoms with Gasteiger partial charge in [0.05, 0.1) is 12.2 Å². The van der Waals surface area contributed by atoms with E-state index in [9.17, 15) is 4.79 Å². The maximum Gasteiger partial charge on any atom is 0.240 e. The van der Waals surface area contributed by atoms with Crippen LogP contribution in [0.25, 0.3) is 0 Å². The molecule has 2 fully saturated rings. The van der Waals surface area contributed by atoms with Gasteiger partial charge < -0.3 is 10.1 Å². The fraction of sp³-hybridized carbons (Fsp3) is 0.846. The minimum atomic E-state index is -0.740. The van der Waals surface area contributed by atoms with Gasteiger partial charge in [-0.2, -0.15) is 5.26 Å². The number of hydrogen-bond donors (Lipinski definition) is 1. The van der Waals surface area contributed by atoms with Crippen LogP contribution in [0, 0.1) is 22.7 Å². The first kappa shape index (κ1) is 12.4. The Morgan fingerprint density at radius 2 is 2.35 bits per heavy atom. The fourth-order valence-electron chi connectivity index (χ4n) is 2.85. The molecule has 0 spiro atoms. The molecule has 4 nitrogen and oxygen atoms in total. The van der Waals surface area contributed by atoms with Crippen LogP contribution in [-0.4, -0.2) is 25.2 Å². The van der Waals surface area contributed by atoms with Gasteiger partial charge in [-0.25, -0.2) is 0 Å². The molecule has 2 rings (SSSR count). The standard InChI is InChI=1S/C13H20N2O2/c1-10-7-13(8-10,9-14)12(16)15-5-4-11-3-2-6-17-11/h10-11H,2-8H2,1H3,(H,15,16). The molecule has 1 aliphatic carbocycles. The van der Waals surface area contributed by atoms with E-state index in [1.165, 1.54) is 0 Å². The van der Waals surface area contributed by atoms with Crippen LogP contribution >= 0.6 is 0 Å². The van der Waals surface area contributed by atoms with Crippen LogP contribution < -0.4 is 5.32 Å². The van der Waals surface area contributed by atoms with E-state index in [-0.39, 0.29) is 5.91 Å². The highest BCUT2D eigenvalue weighted by atomic mass is 16.5. The summed E-state index contributed by atoms with van der Waals surface area (Å²) in [5, 5.41) is 12.0. The first-order chi connectivity index (χ1) is 8.16. The van der Waals surface area contributed by atoms with Gasteiger partial charge in [-0.3, -0.25) is 4.79 Å². The van der Waals surface area contributed by atoms with E-state index in [2.05, 4.69) is 18.3 Å². The molecule has 17 heavy (non-hydrogen) atoms. The smallest absolute Gasteiger partial charge is 0.240 e. The average molecular weight is 236 g/mol. The summed E-state index contributed by atoms with van der Waals surface area (Å²) in [6, 6.07) is 2.18. The predicted octanol–water partition coefficient (Wildman–Crippen LogP) is 1.61. The Morgan fingerprint density at radius 3 is 2.88 bits per heavy atom. The molecule has 0 aromatic heterocycles. The lowest BCUT2D eigenvalue weighted by atomic mass is 9.63. The molecular weight excluding hydrogens is 216 g/mol. The number of amides is 1. The zero-order valence-electron chi connectivity index (χ0n) is 10.4. The van der Waals surface area contributed by atoms with Gasteiger partial charge in [-0.05, 0) is 38.0 Å². The van der Waals surface area contributed by atoms with Crippen molar-refractivity contribution in [3.8, 4) is 6.07 Å². The molecule has 1 heterocycles. The molecule has 1 saturated carbocycles. The molecule has 4 heteroatoms. The number of carbonyl (C=O) groups excluding carboxylic acids is 1. The van der Waals surface area contributed by atoms with Crippen molar-refractivity contribution in [2.75, 3.05) is 13.2 Å². The van der Waals surface area contributed by atoms with Crippen LogP contribution in [0.3, 0.4) is 0 Å². The number of nitrogens with zero attached hydrogens (tertiary/aromatic N) is 1. The third-order valence-electron chi connectivity index (χ3n) is 3.82. The van der Waals surface area contributed by atoms with Gasteiger partial charge in [0.15, 0.2) is 0 Å². The third kappa shape index (κ3) is 2.61. The van der Waals surface area contributed by atoms with Gasteiger partial charge in [0.2, 0.25) is 5.91 Å². The molecule has 0 aromatic carbocycles. The van der Waals surface area contributed by atoms with Gasteiger partial charge in [0, 0.05) is 13.2 Å². The Balaban J connectivity index is 1.71. The van der Waals surface area contributed by atoms with E-state index in [4.69, 9.17) is 10.00 Å². The Labute approximate surface area is 102 Å². The van der Waals surface area contributed by atoms with E-state index >= 15 is 0 Å². The summed E-state index contributed by atoms with van der Waals surface area (Å²) >= 11 is 0. The van der Waals surface area contributed by atoms with Crippen molar-refractivity contribution in [3.05, 3.63) is 0 Å². The quantitative estimate of drug-likeness (QED) is 0.806. The first-order valence-corrected chi connectivity index (χ1v) is 6.47. The molecule has 0 aromatic rings. The van der Waals surface area contributed by atoms with Crippen molar-refractivity contribution >= 4 is 5.91 Å². The molecule has 94 valence electrons.